The molecule has 4 heteroatoms. The van der Waals surface area contributed by atoms with Crippen LogP contribution in [0.4, 0.5) is 0 Å². The number of methoxy groups -OCH3 is 1. The third kappa shape index (κ3) is 6.16. The van der Waals surface area contributed by atoms with Crippen LogP contribution in [0.15, 0.2) is 24.3 Å². The van der Waals surface area contributed by atoms with Crippen molar-refractivity contribution in [2.24, 2.45) is 0 Å². The highest BCUT2D eigenvalue weighted by molar-refractivity contribution is 8.00. The second-order valence-corrected chi connectivity index (χ2v) is 7.85. The highest BCUT2D eigenvalue weighted by Gasteiger charge is 2.17. The number of thioether (sulfide) groups is 1. The maximum absolute atomic E-state index is 9.61. The van der Waals surface area contributed by atoms with Gasteiger partial charge in [0.05, 0.1) is 19.8 Å². The Morgan fingerprint density at radius 2 is 2.05 bits per heavy atom. The molecule has 1 rings (SSSR count). The summed E-state index contributed by atoms with van der Waals surface area (Å²) < 4.78 is 5.50. The Bertz CT molecular complexity index is 404. The zero-order valence-corrected chi connectivity index (χ0v) is 14.0. The predicted molar refractivity (Wildman–Crippen MR) is 87.6 cm³/mol. The van der Waals surface area contributed by atoms with Crippen LogP contribution < -0.4 is 10.1 Å². The molecule has 0 aliphatic rings. The predicted octanol–water partition coefficient (Wildman–Crippen LogP) is 3.24. The van der Waals surface area contributed by atoms with Gasteiger partial charge in [-0.2, -0.15) is 11.8 Å². The summed E-state index contributed by atoms with van der Waals surface area (Å²) in [6, 6.07) is 8.13. The Kier molecular flexibility index (Phi) is 6.86. The molecule has 20 heavy (non-hydrogen) atoms. The van der Waals surface area contributed by atoms with Gasteiger partial charge >= 0.3 is 0 Å². The normalized spacial score (nSPS) is 14.9. The van der Waals surface area contributed by atoms with Crippen LogP contribution in [-0.4, -0.2) is 35.4 Å². The van der Waals surface area contributed by atoms with Crippen molar-refractivity contribution in [3.63, 3.8) is 0 Å². The number of aliphatic hydroxyl groups excluding tert-OH is 1. The third-order valence-electron chi connectivity index (χ3n) is 2.93. The first-order valence-corrected chi connectivity index (χ1v) is 7.99. The molecule has 0 fully saturated rings. The van der Waals surface area contributed by atoms with E-state index in [1.807, 2.05) is 36.0 Å². The number of aliphatic hydroxyl groups is 1. The van der Waals surface area contributed by atoms with Gasteiger partial charge in [-0.05, 0) is 24.6 Å². The van der Waals surface area contributed by atoms with Gasteiger partial charge in [-0.3, -0.25) is 0 Å². The van der Waals surface area contributed by atoms with Gasteiger partial charge in [0.2, 0.25) is 0 Å². The second-order valence-electron chi connectivity index (χ2n) is 6.00. The molecule has 2 N–H and O–H groups in total. The first kappa shape index (κ1) is 17.3. The summed E-state index contributed by atoms with van der Waals surface area (Å²) in [7, 11) is 1.66. The lowest BCUT2D eigenvalue weighted by atomic mass is 10.1. The van der Waals surface area contributed by atoms with Crippen molar-refractivity contribution < 1.29 is 9.84 Å². The zero-order chi connectivity index (χ0) is 15.2. The molecule has 2 unspecified atom stereocenters. The average molecular weight is 297 g/mol. The first-order valence-electron chi connectivity index (χ1n) is 7.00. The molecule has 1 aromatic carbocycles. The van der Waals surface area contributed by atoms with Crippen LogP contribution in [0.3, 0.4) is 0 Å². The van der Waals surface area contributed by atoms with Crippen molar-refractivity contribution in [3.05, 3.63) is 29.8 Å². The SMILES string of the molecule is COc1cccc(C(CO)NC(C)CSC(C)(C)C)c1. The van der Waals surface area contributed by atoms with Gasteiger partial charge < -0.3 is 15.2 Å². The van der Waals surface area contributed by atoms with Crippen LogP contribution in [0.1, 0.15) is 39.3 Å². The van der Waals surface area contributed by atoms with Gasteiger partial charge in [-0.25, -0.2) is 0 Å². The van der Waals surface area contributed by atoms with E-state index < -0.39 is 0 Å². The summed E-state index contributed by atoms with van der Waals surface area (Å²) in [5, 5.41) is 13.1. The summed E-state index contributed by atoms with van der Waals surface area (Å²) in [6.07, 6.45) is 0. The lowest BCUT2D eigenvalue weighted by Gasteiger charge is -2.25. The highest BCUT2D eigenvalue weighted by atomic mass is 32.2. The van der Waals surface area contributed by atoms with Gasteiger partial charge in [-0.1, -0.05) is 32.9 Å². The second kappa shape index (κ2) is 7.91. The first-order chi connectivity index (χ1) is 9.35. The number of rotatable bonds is 7. The molecule has 1 aromatic rings. The lowest BCUT2D eigenvalue weighted by Crippen LogP contribution is -2.35. The average Bonchev–Trinajstić information content (AvgIpc) is 2.41. The fraction of sp³-hybridized carbons (Fsp3) is 0.625. The fourth-order valence-corrected chi connectivity index (χ4v) is 2.73. The molecule has 3 nitrogen and oxygen atoms in total. The van der Waals surface area contributed by atoms with Crippen LogP contribution >= 0.6 is 11.8 Å². The Morgan fingerprint density at radius 3 is 2.60 bits per heavy atom. The molecular formula is C16H27NO2S. The van der Waals surface area contributed by atoms with E-state index in [4.69, 9.17) is 4.74 Å². The molecule has 0 aliphatic heterocycles. The zero-order valence-electron chi connectivity index (χ0n) is 13.1. The van der Waals surface area contributed by atoms with Gasteiger partial charge in [0.25, 0.3) is 0 Å². The number of hydrogen-bond acceptors (Lipinski definition) is 4. The van der Waals surface area contributed by atoms with Crippen molar-refractivity contribution in [2.75, 3.05) is 19.5 Å². The molecular weight excluding hydrogens is 270 g/mol. The van der Waals surface area contributed by atoms with Gasteiger partial charge in [-0.15, -0.1) is 0 Å². The van der Waals surface area contributed by atoms with Crippen molar-refractivity contribution in [3.8, 4) is 5.75 Å². The van der Waals surface area contributed by atoms with Crippen molar-refractivity contribution in [1.82, 2.24) is 5.32 Å². The summed E-state index contributed by atoms with van der Waals surface area (Å²) in [5.74, 6) is 1.84. The van der Waals surface area contributed by atoms with E-state index in [1.54, 1.807) is 7.11 Å². The molecule has 0 radical (unpaired) electrons. The number of hydrogen-bond donors (Lipinski definition) is 2. The molecule has 0 saturated heterocycles. The van der Waals surface area contributed by atoms with Crippen molar-refractivity contribution in [2.45, 2.75) is 44.5 Å². The Balaban J connectivity index is 2.62. The summed E-state index contributed by atoms with van der Waals surface area (Å²) in [6.45, 7) is 8.89. The van der Waals surface area contributed by atoms with Gasteiger partial charge in [0.15, 0.2) is 0 Å². The molecule has 114 valence electrons. The van der Waals surface area contributed by atoms with E-state index in [1.165, 1.54) is 0 Å². The maximum atomic E-state index is 9.61. The molecule has 0 bridgehead atoms. The number of ether oxygens (including phenoxy) is 1. The summed E-state index contributed by atoms with van der Waals surface area (Å²) >= 11 is 1.93. The van der Waals surface area contributed by atoms with Crippen LogP contribution in [0.2, 0.25) is 0 Å². The third-order valence-corrected chi connectivity index (χ3v) is 4.46. The fourth-order valence-electron chi connectivity index (χ4n) is 1.88. The molecule has 2 atom stereocenters. The summed E-state index contributed by atoms with van der Waals surface area (Å²) in [5.41, 5.74) is 1.06. The van der Waals surface area contributed by atoms with Crippen molar-refractivity contribution in [1.29, 1.82) is 0 Å². The van der Waals surface area contributed by atoms with Crippen LogP contribution in [0.25, 0.3) is 0 Å². The minimum atomic E-state index is -0.0549. The minimum Gasteiger partial charge on any atom is -0.497 e. The van der Waals surface area contributed by atoms with E-state index in [-0.39, 0.29) is 17.4 Å². The topological polar surface area (TPSA) is 41.5 Å². The maximum Gasteiger partial charge on any atom is 0.119 e. The van der Waals surface area contributed by atoms with Crippen LogP contribution in [0, 0.1) is 0 Å². The number of nitrogens with one attached hydrogen (secondary N) is 1. The highest BCUT2D eigenvalue weighted by Crippen LogP contribution is 2.25. The standard InChI is InChI=1S/C16H27NO2S/c1-12(11-20-16(2,3)4)17-15(10-18)13-7-6-8-14(9-13)19-5/h6-9,12,15,17-18H,10-11H2,1-5H3. The largest absolute Gasteiger partial charge is 0.497 e. The minimum absolute atomic E-state index is 0.0549. The van der Waals surface area contributed by atoms with Crippen molar-refractivity contribution >= 4 is 11.8 Å². The van der Waals surface area contributed by atoms with Crippen LogP contribution in [0.5, 0.6) is 5.75 Å². The van der Waals surface area contributed by atoms with Crippen LogP contribution in [-0.2, 0) is 0 Å². The Morgan fingerprint density at radius 1 is 1.35 bits per heavy atom. The van der Waals surface area contributed by atoms with Gasteiger partial charge in [0, 0.05) is 16.5 Å². The molecule has 0 saturated carbocycles. The molecule has 0 heterocycles. The van der Waals surface area contributed by atoms with E-state index in [0.717, 1.165) is 17.1 Å². The van der Waals surface area contributed by atoms with E-state index in [2.05, 4.69) is 33.0 Å². The smallest absolute Gasteiger partial charge is 0.119 e. The Labute approximate surface area is 127 Å². The molecule has 0 amide bonds. The quantitative estimate of drug-likeness (QED) is 0.811. The van der Waals surface area contributed by atoms with Gasteiger partial charge in [0.1, 0.15) is 5.75 Å². The number of benzene rings is 1. The molecule has 0 aromatic heterocycles. The van der Waals surface area contributed by atoms with E-state index in [9.17, 15) is 5.11 Å². The van der Waals surface area contributed by atoms with E-state index in [0.29, 0.717) is 6.04 Å². The monoisotopic (exact) mass is 297 g/mol. The summed E-state index contributed by atoms with van der Waals surface area (Å²) in [4.78, 5) is 0. The van der Waals surface area contributed by atoms with E-state index >= 15 is 0 Å². The molecule has 0 spiro atoms. The Hall–Kier alpha value is -0.710. The molecule has 0 aliphatic carbocycles. The lowest BCUT2D eigenvalue weighted by molar-refractivity contribution is 0.237.